The molecule has 0 aliphatic heterocycles. The van der Waals surface area contributed by atoms with Crippen LogP contribution in [0.5, 0.6) is 0 Å². The lowest BCUT2D eigenvalue weighted by molar-refractivity contribution is 0.350. The van der Waals surface area contributed by atoms with Crippen LogP contribution in [0.1, 0.15) is 33.1 Å². The second-order valence-corrected chi connectivity index (χ2v) is 5.67. The maximum absolute atomic E-state index is 4.22. The summed E-state index contributed by atoms with van der Waals surface area (Å²) in [6.07, 6.45) is 5.69. The minimum Gasteiger partial charge on any atom is -0.380 e. The summed E-state index contributed by atoms with van der Waals surface area (Å²) in [5.74, 6) is 0. The highest BCUT2D eigenvalue weighted by Gasteiger charge is 2.34. The molecule has 0 radical (unpaired) electrons. The number of hydrogen-bond donors (Lipinski definition) is 1. The van der Waals surface area contributed by atoms with Gasteiger partial charge in [-0.1, -0.05) is 20.3 Å². The quantitative estimate of drug-likeness (QED) is 0.825. The fraction of sp³-hybridized carbons (Fsp3) is 0.583. The summed E-state index contributed by atoms with van der Waals surface area (Å²) in [6.45, 7) is 4.67. The van der Waals surface area contributed by atoms with E-state index in [0.29, 0.717) is 11.5 Å². The lowest BCUT2D eigenvalue weighted by Crippen LogP contribution is -2.30. The average Bonchev–Trinajstić information content (AvgIpc) is 2.50. The number of halogens is 1. The third-order valence-corrected chi connectivity index (χ3v) is 3.98. The Bertz CT molecular complexity index is 349. The number of nitrogens with zero attached hydrogens (tertiary/aromatic N) is 1. The maximum Gasteiger partial charge on any atom is 0.129 e. The van der Waals surface area contributed by atoms with Gasteiger partial charge in [0.15, 0.2) is 0 Å². The maximum atomic E-state index is 4.22. The van der Waals surface area contributed by atoms with Gasteiger partial charge in [0.2, 0.25) is 0 Å². The molecule has 0 bridgehead atoms. The minimum absolute atomic E-state index is 0.398. The van der Waals surface area contributed by atoms with E-state index in [-0.39, 0.29) is 0 Å². The second kappa shape index (κ2) is 4.12. The summed E-state index contributed by atoms with van der Waals surface area (Å²) in [7, 11) is 0. The van der Waals surface area contributed by atoms with Crippen molar-refractivity contribution in [1.82, 2.24) is 4.98 Å². The van der Waals surface area contributed by atoms with Gasteiger partial charge in [-0.05, 0) is 46.3 Å². The van der Waals surface area contributed by atoms with Gasteiger partial charge in [-0.3, -0.25) is 0 Å². The lowest BCUT2D eigenvalue weighted by atomic mass is 9.87. The molecule has 2 nitrogen and oxygen atoms in total. The molecule has 15 heavy (non-hydrogen) atoms. The van der Waals surface area contributed by atoms with Gasteiger partial charge in [0.05, 0.1) is 5.69 Å². The van der Waals surface area contributed by atoms with Crippen molar-refractivity contribution in [3.63, 3.8) is 0 Å². The number of anilines is 1. The van der Waals surface area contributed by atoms with Crippen LogP contribution in [0.15, 0.2) is 22.9 Å². The largest absolute Gasteiger partial charge is 0.380 e. The van der Waals surface area contributed by atoms with Crippen LogP contribution >= 0.6 is 15.9 Å². The molecule has 0 aromatic carbocycles. The Kier molecular flexibility index (Phi) is 3.01. The zero-order chi connectivity index (χ0) is 10.9. The van der Waals surface area contributed by atoms with E-state index in [9.17, 15) is 0 Å². The molecule has 3 heteroatoms. The minimum atomic E-state index is 0.398. The Morgan fingerprint density at radius 1 is 1.53 bits per heavy atom. The van der Waals surface area contributed by atoms with E-state index >= 15 is 0 Å². The van der Waals surface area contributed by atoms with Crippen LogP contribution in [0, 0.1) is 5.41 Å². The number of hydrogen-bond acceptors (Lipinski definition) is 2. The van der Waals surface area contributed by atoms with Gasteiger partial charge in [-0.2, -0.15) is 0 Å². The van der Waals surface area contributed by atoms with Gasteiger partial charge in [-0.25, -0.2) is 4.98 Å². The second-order valence-electron chi connectivity index (χ2n) is 4.92. The van der Waals surface area contributed by atoms with Crippen molar-refractivity contribution in [3.8, 4) is 0 Å². The van der Waals surface area contributed by atoms with Crippen LogP contribution in [-0.4, -0.2) is 11.0 Å². The lowest BCUT2D eigenvalue weighted by Gasteiger charge is -2.28. The first-order chi connectivity index (χ1) is 7.09. The Balaban J connectivity index is 2.12. The number of aromatic nitrogens is 1. The number of pyridine rings is 1. The third-order valence-electron chi connectivity index (χ3n) is 3.35. The smallest absolute Gasteiger partial charge is 0.129 e. The van der Waals surface area contributed by atoms with E-state index in [0.717, 1.165) is 10.3 Å². The Morgan fingerprint density at radius 2 is 2.33 bits per heavy atom. The zero-order valence-corrected chi connectivity index (χ0v) is 10.8. The number of nitrogens with one attached hydrogen (secondary N) is 1. The first-order valence-electron chi connectivity index (χ1n) is 5.47. The van der Waals surface area contributed by atoms with Crippen molar-refractivity contribution in [2.75, 3.05) is 5.32 Å². The van der Waals surface area contributed by atoms with E-state index in [1.54, 1.807) is 6.20 Å². The summed E-state index contributed by atoms with van der Waals surface area (Å²) < 4.78 is 0.910. The molecular formula is C12H17BrN2. The molecule has 1 saturated carbocycles. The molecule has 1 aromatic heterocycles. The van der Waals surface area contributed by atoms with Gasteiger partial charge in [-0.15, -0.1) is 0 Å². The predicted octanol–water partition coefficient (Wildman–Crippen LogP) is 3.83. The molecule has 1 aliphatic rings. The monoisotopic (exact) mass is 268 g/mol. The molecule has 82 valence electrons. The molecule has 0 amide bonds. The van der Waals surface area contributed by atoms with Crippen molar-refractivity contribution in [2.24, 2.45) is 5.41 Å². The third kappa shape index (κ3) is 2.33. The highest BCUT2D eigenvalue weighted by atomic mass is 79.9. The van der Waals surface area contributed by atoms with E-state index in [2.05, 4.69) is 46.1 Å². The van der Waals surface area contributed by atoms with E-state index in [4.69, 9.17) is 0 Å². The van der Waals surface area contributed by atoms with Gasteiger partial charge < -0.3 is 5.32 Å². The highest BCUT2D eigenvalue weighted by Crippen LogP contribution is 2.39. The van der Waals surface area contributed by atoms with Crippen molar-refractivity contribution in [3.05, 3.63) is 22.9 Å². The van der Waals surface area contributed by atoms with Gasteiger partial charge >= 0.3 is 0 Å². The van der Waals surface area contributed by atoms with Crippen molar-refractivity contribution >= 4 is 21.6 Å². The summed E-state index contributed by atoms with van der Waals surface area (Å²) in [5, 5.41) is 3.59. The molecule has 1 heterocycles. The van der Waals surface area contributed by atoms with Crippen LogP contribution in [0.2, 0.25) is 0 Å². The van der Waals surface area contributed by atoms with Crippen LogP contribution in [0.4, 0.5) is 5.69 Å². The summed E-state index contributed by atoms with van der Waals surface area (Å²) >= 11 is 3.47. The van der Waals surface area contributed by atoms with Gasteiger partial charge in [0.1, 0.15) is 4.60 Å². The van der Waals surface area contributed by atoms with Crippen molar-refractivity contribution in [1.29, 1.82) is 0 Å². The fourth-order valence-corrected chi connectivity index (χ4v) is 2.64. The molecule has 1 aliphatic carbocycles. The SMILES string of the molecule is CC1(C)CCCC1Nc1cccnc1Br. The molecule has 2 rings (SSSR count). The molecule has 1 atom stereocenters. The summed E-state index contributed by atoms with van der Waals surface area (Å²) in [6, 6.07) is 4.61. The van der Waals surface area contributed by atoms with E-state index in [1.807, 2.05) is 6.07 Å². The Hall–Kier alpha value is -0.570. The normalized spacial score (nSPS) is 24.1. The van der Waals surface area contributed by atoms with Crippen LogP contribution < -0.4 is 5.32 Å². The van der Waals surface area contributed by atoms with E-state index in [1.165, 1.54) is 19.3 Å². The van der Waals surface area contributed by atoms with Gasteiger partial charge in [0, 0.05) is 12.2 Å². The predicted molar refractivity (Wildman–Crippen MR) is 67.0 cm³/mol. The molecule has 1 unspecified atom stereocenters. The van der Waals surface area contributed by atoms with Crippen LogP contribution in [-0.2, 0) is 0 Å². The summed E-state index contributed by atoms with van der Waals surface area (Å²) in [5.41, 5.74) is 1.51. The molecule has 0 spiro atoms. The first kappa shape index (κ1) is 10.9. The standard InChI is InChI=1S/C12H17BrN2/c1-12(2)7-3-6-10(12)15-9-5-4-8-14-11(9)13/h4-5,8,10,15H,3,6-7H2,1-2H3. The molecule has 1 fully saturated rings. The van der Waals surface area contributed by atoms with E-state index < -0.39 is 0 Å². The topological polar surface area (TPSA) is 24.9 Å². The molecular weight excluding hydrogens is 252 g/mol. The van der Waals surface area contributed by atoms with Crippen molar-refractivity contribution in [2.45, 2.75) is 39.2 Å². The van der Waals surface area contributed by atoms with Crippen molar-refractivity contribution < 1.29 is 0 Å². The number of rotatable bonds is 2. The molecule has 1 aromatic rings. The molecule has 0 saturated heterocycles. The van der Waals surface area contributed by atoms with Crippen LogP contribution in [0.25, 0.3) is 0 Å². The summed E-state index contributed by atoms with van der Waals surface area (Å²) in [4.78, 5) is 4.22. The zero-order valence-electron chi connectivity index (χ0n) is 9.26. The Labute approximate surface area is 99.6 Å². The van der Waals surface area contributed by atoms with Gasteiger partial charge in [0.25, 0.3) is 0 Å². The first-order valence-corrected chi connectivity index (χ1v) is 6.26. The highest BCUT2D eigenvalue weighted by molar-refractivity contribution is 9.10. The fourth-order valence-electron chi connectivity index (χ4n) is 2.28. The average molecular weight is 269 g/mol. The Morgan fingerprint density at radius 3 is 2.93 bits per heavy atom. The van der Waals surface area contributed by atoms with Crippen LogP contribution in [0.3, 0.4) is 0 Å². The molecule has 1 N–H and O–H groups in total.